The summed E-state index contributed by atoms with van der Waals surface area (Å²) < 4.78 is 26.6. The zero-order valence-corrected chi connectivity index (χ0v) is 16.1. The van der Waals surface area contributed by atoms with Crippen LogP contribution in [0.1, 0.15) is 21.7 Å². The Labute approximate surface area is 161 Å². The van der Waals surface area contributed by atoms with E-state index in [-0.39, 0.29) is 17.3 Å². The third-order valence-corrected chi connectivity index (χ3v) is 5.94. The van der Waals surface area contributed by atoms with Gasteiger partial charge in [-0.2, -0.15) is 5.10 Å². The second kappa shape index (κ2) is 7.69. The molecule has 28 heavy (non-hydrogen) atoms. The van der Waals surface area contributed by atoms with Crippen LogP contribution in [-0.2, 0) is 16.6 Å². The molecular formula is C18H19N5O4S. The van der Waals surface area contributed by atoms with Gasteiger partial charge in [0.05, 0.1) is 17.1 Å². The first kappa shape index (κ1) is 19.4. The van der Waals surface area contributed by atoms with Gasteiger partial charge < -0.3 is 5.32 Å². The second-order valence-electron chi connectivity index (χ2n) is 6.14. The first-order valence-electron chi connectivity index (χ1n) is 8.35. The van der Waals surface area contributed by atoms with Gasteiger partial charge >= 0.3 is 5.69 Å². The third kappa shape index (κ3) is 4.12. The number of amides is 1. The Morgan fingerprint density at radius 1 is 1.11 bits per heavy atom. The molecule has 3 rings (SSSR count). The summed E-state index contributed by atoms with van der Waals surface area (Å²) in [5.74, 6) is -0.0710. The van der Waals surface area contributed by atoms with Crippen LogP contribution in [0, 0.1) is 6.92 Å². The van der Waals surface area contributed by atoms with Gasteiger partial charge in [0.2, 0.25) is 0 Å². The van der Waals surface area contributed by atoms with Crippen LogP contribution in [0.3, 0.4) is 0 Å². The van der Waals surface area contributed by atoms with Crippen LogP contribution in [0.2, 0.25) is 0 Å². The number of carbonyl (C=O) groups excluding carboxylic acids is 1. The smallest absolute Gasteiger partial charge is 0.340 e. The number of anilines is 1. The number of carbonyl (C=O) groups is 1. The zero-order chi connectivity index (χ0) is 20.3. The lowest BCUT2D eigenvalue weighted by molar-refractivity contribution is 0.0950. The molecule has 0 saturated heterocycles. The lowest BCUT2D eigenvalue weighted by Gasteiger charge is -2.20. The van der Waals surface area contributed by atoms with Crippen LogP contribution < -0.4 is 15.3 Å². The van der Waals surface area contributed by atoms with E-state index in [2.05, 4.69) is 20.5 Å². The zero-order valence-electron chi connectivity index (χ0n) is 15.3. The molecule has 0 radical (unpaired) electrons. The SMILES string of the molecule is Cc1ccc(S(=O)(=O)N(C)c2ccc(C(=O)NCc3n[nH]c(=O)[nH]3)cc2)cc1. The summed E-state index contributed by atoms with van der Waals surface area (Å²) in [6.07, 6.45) is 0. The van der Waals surface area contributed by atoms with Crippen molar-refractivity contribution in [2.45, 2.75) is 18.4 Å². The van der Waals surface area contributed by atoms with Crippen molar-refractivity contribution in [1.29, 1.82) is 0 Å². The minimum atomic E-state index is -3.70. The van der Waals surface area contributed by atoms with E-state index < -0.39 is 15.7 Å². The maximum absolute atomic E-state index is 12.7. The number of benzene rings is 2. The number of nitrogens with zero attached hydrogens (tertiary/aromatic N) is 2. The third-order valence-electron chi connectivity index (χ3n) is 4.14. The van der Waals surface area contributed by atoms with E-state index in [0.717, 1.165) is 9.87 Å². The van der Waals surface area contributed by atoms with Crippen molar-refractivity contribution in [3.8, 4) is 0 Å². The highest BCUT2D eigenvalue weighted by molar-refractivity contribution is 7.92. The van der Waals surface area contributed by atoms with E-state index in [1.165, 1.54) is 19.2 Å². The number of hydrogen-bond acceptors (Lipinski definition) is 5. The summed E-state index contributed by atoms with van der Waals surface area (Å²) in [5, 5.41) is 8.52. The highest BCUT2D eigenvalue weighted by Gasteiger charge is 2.21. The molecule has 2 aromatic carbocycles. The summed E-state index contributed by atoms with van der Waals surface area (Å²) >= 11 is 0. The molecule has 0 aliphatic rings. The van der Waals surface area contributed by atoms with Crippen LogP contribution in [0.5, 0.6) is 0 Å². The Morgan fingerprint density at radius 2 is 1.75 bits per heavy atom. The predicted octanol–water partition coefficient (Wildman–Crippen LogP) is 1.16. The van der Waals surface area contributed by atoms with E-state index in [9.17, 15) is 18.0 Å². The van der Waals surface area contributed by atoms with Gasteiger partial charge in [0.15, 0.2) is 0 Å². The van der Waals surface area contributed by atoms with Crippen molar-refractivity contribution in [3.63, 3.8) is 0 Å². The minimum absolute atomic E-state index is 0.0566. The molecule has 3 N–H and O–H groups in total. The van der Waals surface area contributed by atoms with Crippen molar-refractivity contribution in [2.75, 3.05) is 11.4 Å². The number of aromatic nitrogens is 3. The van der Waals surface area contributed by atoms with Crippen molar-refractivity contribution in [1.82, 2.24) is 20.5 Å². The van der Waals surface area contributed by atoms with Crippen LogP contribution in [0.4, 0.5) is 5.69 Å². The van der Waals surface area contributed by atoms with Gasteiger partial charge in [-0.3, -0.25) is 14.1 Å². The second-order valence-corrected chi connectivity index (χ2v) is 8.11. The minimum Gasteiger partial charge on any atom is -0.345 e. The summed E-state index contributed by atoms with van der Waals surface area (Å²) in [5.41, 5.74) is 1.29. The van der Waals surface area contributed by atoms with E-state index >= 15 is 0 Å². The molecule has 0 aliphatic heterocycles. The molecule has 0 saturated carbocycles. The highest BCUT2D eigenvalue weighted by atomic mass is 32.2. The fourth-order valence-corrected chi connectivity index (χ4v) is 3.68. The molecule has 1 heterocycles. The number of H-pyrrole nitrogens is 2. The van der Waals surface area contributed by atoms with Crippen LogP contribution in [0.15, 0.2) is 58.2 Å². The molecular weight excluding hydrogens is 382 g/mol. The molecule has 0 atom stereocenters. The average Bonchev–Trinajstić information content (AvgIpc) is 3.11. The largest absolute Gasteiger partial charge is 0.345 e. The topological polar surface area (TPSA) is 128 Å². The highest BCUT2D eigenvalue weighted by Crippen LogP contribution is 2.22. The molecule has 146 valence electrons. The molecule has 10 heteroatoms. The summed E-state index contributed by atoms with van der Waals surface area (Å²) in [6, 6.07) is 12.7. The van der Waals surface area contributed by atoms with E-state index in [4.69, 9.17) is 0 Å². The normalized spacial score (nSPS) is 11.2. The quantitative estimate of drug-likeness (QED) is 0.571. The Bertz CT molecular complexity index is 1130. The number of hydrogen-bond donors (Lipinski definition) is 3. The monoisotopic (exact) mass is 401 g/mol. The predicted molar refractivity (Wildman–Crippen MR) is 104 cm³/mol. The molecule has 0 spiro atoms. The lowest BCUT2D eigenvalue weighted by atomic mass is 10.2. The molecule has 0 unspecified atom stereocenters. The summed E-state index contributed by atoms with van der Waals surface area (Å²) in [7, 11) is -2.24. The summed E-state index contributed by atoms with van der Waals surface area (Å²) in [6.45, 7) is 1.94. The molecule has 9 nitrogen and oxygen atoms in total. The van der Waals surface area contributed by atoms with Crippen molar-refractivity contribution in [3.05, 3.63) is 76.0 Å². The molecule has 1 aromatic heterocycles. The van der Waals surface area contributed by atoms with Gasteiger partial charge in [-0.25, -0.2) is 18.3 Å². The number of nitrogens with one attached hydrogen (secondary N) is 3. The van der Waals surface area contributed by atoms with Crippen molar-refractivity contribution >= 4 is 21.6 Å². The standard InChI is InChI=1S/C18H19N5O4S/c1-12-3-9-15(10-4-12)28(26,27)23(2)14-7-5-13(6-8-14)17(24)19-11-16-20-18(25)22-21-16/h3-10H,11H2,1-2H3,(H,19,24)(H2,20,21,22,25). The first-order valence-corrected chi connectivity index (χ1v) is 9.79. The van der Waals surface area contributed by atoms with Gasteiger partial charge in [-0.1, -0.05) is 17.7 Å². The summed E-state index contributed by atoms with van der Waals surface area (Å²) in [4.78, 5) is 25.8. The van der Waals surface area contributed by atoms with E-state index in [0.29, 0.717) is 17.1 Å². The molecule has 0 aliphatic carbocycles. The van der Waals surface area contributed by atoms with Gasteiger partial charge in [0.1, 0.15) is 5.82 Å². The van der Waals surface area contributed by atoms with Crippen molar-refractivity contribution in [2.24, 2.45) is 0 Å². The number of rotatable bonds is 6. The average molecular weight is 401 g/mol. The maximum Gasteiger partial charge on any atom is 0.340 e. The van der Waals surface area contributed by atoms with Crippen LogP contribution in [-0.4, -0.2) is 36.6 Å². The molecule has 0 bridgehead atoms. The Hall–Kier alpha value is -3.40. The Morgan fingerprint density at radius 3 is 2.32 bits per heavy atom. The van der Waals surface area contributed by atoms with Gasteiger partial charge in [-0.15, -0.1) is 0 Å². The van der Waals surface area contributed by atoms with Gasteiger partial charge in [0, 0.05) is 12.6 Å². The molecule has 1 amide bonds. The van der Waals surface area contributed by atoms with Crippen LogP contribution in [0.25, 0.3) is 0 Å². The maximum atomic E-state index is 12.7. The van der Waals surface area contributed by atoms with E-state index in [1.54, 1.807) is 36.4 Å². The number of aromatic amines is 2. The first-order chi connectivity index (χ1) is 13.3. The van der Waals surface area contributed by atoms with Gasteiger partial charge in [0.25, 0.3) is 15.9 Å². The lowest BCUT2D eigenvalue weighted by Crippen LogP contribution is -2.27. The van der Waals surface area contributed by atoms with E-state index in [1.807, 2.05) is 6.92 Å². The van der Waals surface area contributed by atoms with Gasteiger partial charge in [-0.05, 0) is 43.3 Å². The number of sulfonamides is 1. The fraction of sp³-hybridized carbons (Fsp3) is 0.167. The fourth-order valence-electron chi connectivity index (χ4n) is 2.48. The number of aryl methyl sites for hydroxylation is 1. The Kier molecular flexibility index (Phi) is 5.32. The Balaban J connectivity index is 1.71. The molecule has 3 aromatic rings. The van der Waals surface area contributed by atoms with Crippen LogP contribution >= 0.6 is 0 Å². The van der Waals surface area contributed by atoms with Crippen molar-refractivity contribution < 1.29 is 13.2 Å². The molecule has 0 fully saturated rings.